The number of aryl methyl sites for hydroxylation is 2. The molecule has 176 valence electrons. The molecule has 1 N–H and O–H groups in total. The van der Waals surface area contributed by atoms with Gasteiger partial charge in [0.25, 0.3) is 5.91 Å². The van der Waals surface area contributed by atoms with Gasteiger partial charge in [-0.25, -0.2) is 4.68 Å². The van der Waals surface area contributed by atoms with Crippen LogP contribution in [0.1, 0.15) is 39.9 Å². The first-order chi connectivity index (χ1) is 17.0. The summed E-state index contributed by atoms with van der Waals surface area (Å²) in [7, 11) is 0. The predicted molar refractivity (Wildman–Crippen MR) is 138 cm³/mol. The normalized spacial score (nSPS) is 13.3. The molecule has 1 aliphatic rings. The highest BCUT2D eigenvalue weighted by Gasteiger charge is 2.22. The van der Waals surface area contributed by atoms with Gasteiger partial charge in [0.05, 0.1) is 11.3 Å². The molecule has 2 heterocycles. The zero-order valence-electron chi connectivity index (χ0n) is 20.0. The van der Waals surface area contributed by atoms with E-state index >= 15 is 0 Å². The average Bonchev–Trinajstić information content (AvgIpc) is 3.47. The number of nitrogens with one attached hydrogen (secondary N) is 1. The molecule has 0 radical (unpaired) electrons. The lowest BCUT2D eigenvalue weighted by Gasteiger charge is -2.16. The Bertz CT molecular complexity index is 1390. The van der Waals surface area contributed by atoms with Crippen LogP contribution < -0.4 is 5.32 Å². The van der Waals surface area contributed by atoms with E-state index in [1.54, 1.807) is 10.9 Å². The Kier molecular flexibility index (Phi) is 6.19. The van der Waals surface area contributed by atoms with Crippen molar-refractivity contribution in [3.8, 4) is 16.9 Å². The molecule has 35 heavy (non-hydrogen) atoms. The second kappa shape index (κ2) is 9.58. The topological polar surface area (TPSA) is 67.2 Å². The Morgan fingerprint density at radius 2 is 1.83 bits per heavy atom. The van der Waals surface area contributed by atoms with Crippen LogP contribution in [0.5, 0.6) is 0 Å². The molecule has 2 amide bonds. The van der Waals surface area contributed by atoms with Gasteiger partial charge >= 0.3 is 0 Å². The van der Waals surface area contributed by atoms with Crippen LogP contribution in [0.4, 0.5) is 5.69 Å². The molecule has 0 atom stereocenters. The van der Waals surface area contributed by atoms with E-state index in [0.29, 0.717) is 29.9 Å². The van der Waals surface area contributed by atoms with Gasteiger partial charge in [0.2, 0.25) is 5.91 Å². The first kappa shape index (κ1) is 22.6. The minimum Gasteiger partial charge on any atom is -0.338 e. The zero-order chi connectivity index (χ0) is 24.4. The summed E-state index contributed by atoms with van der Waals surface area (Å²) in [6, 6.07) is 23.6. The molecule has 0 unspecified atom stereocenters. The smallest absolute Gasteiger partial charge is 0.259 e. The number of benzene rings is 3. The standard InChI is InChI=1S/C29H28N4O2/c1-20-13-14-25(21(2)16-20)28-26(19-33(31-28)24-10-4-3-5-11-24)29(35)30-23-9-6-8-22(17-23)18-32-15-7-12-27(32)34/h3-6,8-11,13-14,16-17,19H,7,12,15,18H2,1-2H3,(H,30,35). The van der Waals surface area contributed by atoms with Crippen molar-refractivity contribution in [3.63, 3.8) is 0 Å². The molecular weight excluding hydrogens is 436 g/mol. The van der Waals surface area contributed by atoms with Crippen molar-refractivity contribution in [2.24, 2.45) is 0 Å². The maximum atomic E-state index is 13.5. The molecule has 1 saturated heterocycles. The molecular formula is C29H28N4O2. The minimum atomic E-state index is -0.225. The van der Waals surface area contributed by atoms with Crippen molar-refractivity contribution in [3.05, 3.63) is 101 Å². The van der Waals surface area contributed by atoms with Crippen LogP contribution in [-0.4, -0.2) is 33.0 Å². The van der Waals surface area contributed by atoms with Crippen LogP contribution in [0.25, 0.3) is 16.9 Å². The summed E-state index contributed by atoms with van der Waals surface area (Å²) < 4.78 is 1.75. The highest BCUT2D eigenvalue weighted by Crippen LogP contribution is 2.28. The number of nitrogens with zero attached hydrogens (tertiary/aromatic N) is 3. The number of hydrogen-bond donors (Lipinski definition) is 1. The number of carbonyl (C=O) groups excluding carboxylic acids is 2. The summed E-state index contributed by atoms with van der Waals surface area (Å²) in [4.78, 5) is 27.4. The summed E-state index contributed by atoms with van der Waals surface area (Å²) >= 11 is 0. The summed E-state index contributed by atoms with van der Waals surface area (Å²) in [5.41, 5.74) is 6.86. The van der Waals surface area contributed by atoms with E-state index in [9.17, 15) is 9.59 Å². The highest BCUT2D eigenvalue weighted by atomic mass is 16.2. The summed E-state index contributed by atoms with van der Waals surface area (Å²) in [6.45, 7) is 5.43. The van der Waals surface area contributed by atoms with Crippen LogP contribution in [0.15, 0.2) is 79.0 Å². The lowest BCUT2D eigenvalue weighted by Crippen LogP contribution is -2.23. The van der Waals surface area contributed by atoms with Gasteiger partial charge in [0.15, 0.2) is 0 Å². The Labute approximate surface area is 205 Å². The van der Waals surface area contributed by atoms with E-state index in [1.807, 2.05) is 78.6 Å². The number of anilines is 1. The van der Waals surface area contributed by atoms with Gasteiger partial charge in [-0.2, -0.15) is 5.10 Å². The second-order valence-electron chi connectivity index (χ2n) is 9.06. The molecule has 1 aromatic heterocycles. The molecule has 6 nitrogen and oxygen atoms in total. The van der Waals surface area contributed by atoms with Crippen molar-refractivity contribution in [2.75, 3.05) is 11.9 Å². The summed E-state index contributed by atoms with van der Waals surface area (Å²) in [5.74, 6) is -0.0394. The van der Waals surface area contributed by atoms with E-state index < -0.39 is 0 Å². The third-order valence-electron chi connectivity index (χ3n) is 6.35. The van der Waals surface area contributed by atoms with Crippen molar-refractivity contribution in [1.29, 1.82) is 0 Å². The van der Waals surface area contributed by atoms with Gasteiger partial charge in [0, 0.05) is 37.0 Å². The van der Waals surface area contributed by atoms with Gasteiger partial charge in [-0.1, -0.05) is 54.1 Å². The number of carbonyl (C=O) groups is 2. The molecule has 0 spiro atoms. The lowest BCUT2D eigenvalue weighted by molar-refractivity contribution is -0.128. The fraction of sp³-hybridized carbons (Fsp3) is 0.207. The molecule has 3 aromatic carbocycles. The second-order valence-corrected chi connectivity index (χ2v) is 9.06. The highest BCUT2D eigenvalue weighted by molar-refractivity contribution is 6.08. The third kappa shape index (κ3) is 4.87. The fourth-order valence-electron chi connectivity index (χ4n) is 4.57. The van der Waals surface area contributed by atoms with Gasteiger partial charge in [-0.15, -0.1) is 0 Å². The Morgan fingerprint density at radius 1 is 1.00 bits per heavy atom. The van der Waals surface area contributed by atoms with Gasteiger partial charge in [0.1, 0.15) is 5.69 Å². The van der Waals surface area contributed by atoms with Crippen molar-refractivity contribution < 1.29 is 9.59 Å². The van der Waals surface area contributed by atoms with Crippen molar-refractivity contribution >= 4 is 17.5 Å². The van der Waals surface area contributed by atoms with E-state index in [4.69, 9.17) is 5.10 Å². The molecule has 4 aromatic rings. The Balaban J connectivity index is 1.46. The number of rotatable bonds is 6. The quantitative estimate of drug-likeness (QED) is 0.408. The average molecular weight is 465 g/mol. The van der Waals surface area contributed by atoms with Crippen LogP contribution in [-0.2, 0) is 11.3 Å². The number of hydrogen-bond acceptors (Lipinski definition) is 3. The van der Waals surface area contributed by atoms with E-state index in [0.717, 1.165) is 40.9 Å². The van der Waals surface area contributed by atoms with E-state index in [-0.39, 0.29) is 11.8 Å². The fourth-order valence-corrected chi connectivity index (χ4v) is 4.57. The van der Waals surface area contributed by atoms with Crippen molar-refractivity contribution in [2.45, 2.75) is 33.2 Å². The number of aromatic nitrogens is 2. The minimum absolute atomic E-state index is 0.186. The zero-order valence-corrected chi connectivity index (χ0v) is 20.0. The predicted octanol–water partition coefficient (Wildman–Crippen LogP) is 5.53. The van der Waals surface area contributed by atoms with Gasteiger partial charge in [-0.05, 0) is 55.7 Å². The van der Waals surface area contributed by atoms with E-state index in [1.165, 1.54) is 0 Å². The molecule has 6 heteroatoms. The molecule has 5 rings (SSSR count). The SMILES string of the molecule is Cc1ccc(-c2nn(-c3ccccc3)cc2C(=O)Nc2cccc(CN3CCCC3=O)c2)c(C)c1. The molecule has 1 fully saturated rings. The first-order valence-electron chi connectivity index (χ1n) is 11.9. The van der Waals surface area contributed by atoms with Crippen LogP contribution in [0, 0.1) is 13.8 Å². The monoisotopic (exact) mass is 464 g/mol. The molecule has 0 saturated carbocycles. The Morgan fingerprint density at radius 3 is 2.57 bits per heavy atom. The third-order valence-corrected chi connectivity index (χ3v) is 6.35. The molecule has 0 bridgehead atoms. The molecule has 0 aliphatic carbocycles. The maximum Gasteiger partial charge on any atom is 0.259 e. The van der Waals surface area contributed by atoms with Crippen molar-refractivity contribution in [1.82, 2.24) is 14.7 Å². The largest absolute Gasteiger partial charge is 0.338 e. The van der Waals surface area contributed by atoms with Crippen LogP contribution in [0.3, 0.4) is 0 Å². The number of likely N-dealkylation sites (tertiary alicyclic amines) is 1. The van der Waals surface area contributed by atoms with Crippen LogP contribution in [0.2, 0.25) is 0 Å². The summed E-state index contributed by atoms with van der Waals surface area (Å²) in [6.07, 6.45) is 3.30. The number of para-hydroxylation sites is 1. The lowest BCUT2D eigenvalue weighted by atomic mass is 10.0. The Hall–Kier alpha value is -4.19. The van der Waals surface area contributed by atoms with Gasteiger partial charge in [-0.3, -0.25) is 9.59 Å². The van der Waals surface area contributed by atoms with Gasteiger partial charge < -0.3 is 10.2 Å². The summed E-state index contributed by atoms with van der Waals surface area (Å²) in [5, 5.41) is 7.85. The maximum absolute atomic E-state index is 13.5. The first-order valence-corrected chi connectivity index (χ1v) is 11.9. The van der Waals surface area contributed by atoms with Crippen LogP contribution >= 0.6 is 0 Å². The number of amides is 2. The van der Waals surface area contributed by atoms with E-state index in [2.05, 4.69) is 18.3 Å². The molecule has 1 aliphatic heterocycles.